The lowest BCUT2D eigenvalue weighted by molar-refractivity contribution is 0.419. The zero-order valence-electron chi connectivity index (χ0n) is 7.48. The van der Waals surface area contributed by atoms with E-state index in [0.29, 0.717) is 16.7 Å². The van der Waals surface area contributed by atoms with Crippen LogP contribution in [0.4, 0.5) is 0 Å². The van der Waals surface area contributed by atoms with E-state index in [0.717, 1.165) is 0 Å². The number of H-pyrrole nitrogens is 1. The maximum absolute atomic E-state index is 11.3. The average molecular weight is 213 g/mol. The summed E-state index contributed by atoms with van der Waals surface area (Å²) >= 11 is 0. The highest BCUT2D eigenvalue weighted by atomic mass is 35.5. The Hall–Kier alpha value is -1.55. The molecule has 0 atom stereocenters. The SMILES string of the molecule is COc1cccc2c(=O)[nH]cnc12.Cl. The fourth-order valence-electron chi connectivity index (χ4n) is 1.24. The molecule has 1 aromatic heterocycles. The summed E-state index contributed by atoms with van der Waals surface area (Å²) in [4.78, 5) is 17.8. The minimum Gasteiger partial charge on any atom is -0.494 e. The molecule has 4 nitrogen and oxygen atoms in total. The van der Waals surface area contributed by atoms with Gasteiger partial charge >= 0.3 is 0 Å². The maximum Gasteiger partial charge on any atom is 0.258 e. The molecule has 1 heterocycles. The van der Waals surface area contributed by atoms with Gasteiger partial charge in [-0.05, 0) is 12.1 Å². The van der Waals surface area contributed by atoms with Gasteiger partial charge in [0, 0.05) is 0 Å². The monoisotopic (exact) mass is 212 g/mol. The zero-order valence-corrected chi connectivity index (χ0v) is 8.30. The van der Waals surface area contributed by atoms with Crippen molar-refractivity contribution in [3.05, 3.63) is 34.9 Å². The van der Waals surface area contributed by atoms with Crippen molar-refractivity contribution in [3.8, 4) is 5.75 Å². The minimum absolute atomic E-state index is 0. The second-order valence-electron chi connectivity index (χ2n) is 2.59. The van der Waals surface area contributed by atoms with E-state index in [1.807, 2.05) is 0 Å². The molecule has 5 heteroatoms. The van der Waals surface area contributed by atoms with Crippen molar-refractivity contribution >= 4 is 23.3 Å². The van der Waals surface area contributed by atoms with Gasteiger partial charge in [-0.2, -0.15) is 0 Å². The fraction of sp³-hybridized carbons (Fsp3) is 0.111. The van der Waals surface area contributed by atoms with Crippen LogP contribution in [-0.2, 0) is 0 Å². The highest BCUT2D eigenvalue weighted by Gasteiger charge is 2.03. The number of ether oxygens (including phenoxy) is 1. The van der Waals surface area contributed by atoms with E-state index in [-0.39, 0.29) is 18.0 Å². The van der Waals surface area contributed by atoms with E-state index in [4.69, 9.17) is 4.74 Å². The number of aromatic nitrogens is 2. The van der Waals surface area contributed by atoms with Crippen LogP contribution in [0.2, 0.25) is 0 Å². The van der Waals surface area contributed by atoms with Crippen LogP contribution in [0.5, 0.6) is 5.75 Å². The molecule has 1 N–H and O–H groups in total. The van der Waals surface area contributed by atoms with Gasteiger partial charge < -0.3 is 9.72 Å². The van der Waals surface area contributed by atoms with Crippen LogP contribution in [0.3, 0.4) is 0 Å². The Balaban J connectivity index is 0.000000980. The number of nitrogens with zero attached hydrogens (tertiary/aromatic N) is 1. The summed E-state index contributed by atoms with van der Waals surface area (Å²) in [6.45, 7) is 0. The van der Waals surface area contributed by atoms with E-state index < -0.39 is 0 Å². The molecule has 2 rings (SSSR count). The molecule has 0 saturated heterocycles. The van der Waals surface area contributed by atoms with Crippen molar-refractivity contribution in [3.63, 3.8) is 0 Å². The van der Waals surface area contributed by atoms with Crippen molar-refractivity contribution in [2.45, 2.75) is 0 Å². The molecule has 0 aliphatic heterocycles. The third-order valence-corrected chi connectivity index (χ3v) is 1.85. The summed E-state index contributed by atoms with van der Waals surface area (Å²) in [6, 6.07) is 5.25. The summed E-state index contributed by atoms with van der Waals surface area (Å²) in [5.74, 6) is 0.614. The summed E-state index contributed by atoms with van der Waals surface area (Å²) in [7, 11) is 1.55. The first-order chi connectivity index (χ1) is 6.33. The lowest BCUT2D eigenvalue weighted by atomic mass is 10.2. The first-order valence-electron chi connectivity index (χ1n) is 3.83. The lowest BCUT2D eigenvalue weighted by Gasteiger charge is -2.01. The van der Waals surface area contributed by atoms with Crippen LogP contribution in [0, 0.1) is 0 Å². The Morgan fingerprint density at radius 1 is 1.43 bits per heavy atom. The van der Waals surface area contributed by atoms with Crippen molar-refractivity contribution in [1.29, 1.82) is 0 Å². The van der Waals surface area contributed by atoms with Crippen molar-refractivity contribution in [2.24, 2.45) is 0 Å². The average Bonchev–Trinajstić information content (AvgIpc) is 2.18. The highest BCUT2D eigenvalue weighted by Crippen LogP contribution is 2.19. The van der Waals surface area contributed by atoms with E-state index in [2.05, 4.69) is 9.97 Å². The largest absolute Gasteiger partial charge is 0.494 e. The summed E-state index contributed by atoms with van der Waals surface area (Å²) in [5.41, 5.74) is 0.442. The van der Waals surface area contributed by atoms with Crippen LogP contribution in [0.25, 0.3) is 10.9 Å². The first kappa shape index (κ1) is 10.5. The number of hydrogen-bond donors (Lipinski definition) is 1. The van der Waals surface area contributed by atoms with Crippen molar-refractivity contribution < 1.29 is 4.74 Å². The van der Waals surface area contributed by atoms with Gasteiger partial charge in [-0.15, -0.1) is 12.4 Å². The molecule has 0 spiro atoms. The molecule has 14 heavy (non-hydrogen) atoms. The van der Waals surface area contributed by atoms with E-state index in [1.54, 1.807) is 25.3 Å². The molecule has 0 amide bonds. The fourth-order valence-corrected chi connectivity index (χ4v) is 1.24. The second-order valence-corrected chi connectivity index (χ2v) is 2.59. The number of benzene rings is 1. The molecular formula is C9H9ClN2O2. The van der Waals surface area contributed by atoms with Gasteiger partial charge in [0.1, 0.15) is 11.3 Å². The predicted molar refractivity (Wildman–Crippen MR) is 56.2 cm³/mol. The number of nitrogens with one attached hydrogen (secondary N) is 1. The van der Waals surface area contributed by atoms with Gasteiger partial charge in [0.15, 0.2) is 0 Å². The molecule has 0 saturated carbocycles. The summed E-state index contributed by atoms with van der Waals surface area (Å²) < 4.78 is 5.07. The molecule has 2 aromatic rings. The number of fused-ring (bicyclic) bond motifs is 1. The molecule has 0 fully saturated rings. The van der Waals surface area contributed by atoms with E-state index in [9.17, 15) is 4.79 Å². The third-order valence-electron chi connectivity index (χ3n) is 1.85. The number of aromatic amines is 1. The Bertz CT molecular complexity index is 495. The molecule has 74 valence electrons. The smallest absolute Gasteiger partial charge is 0.258 e. The third kappa shape index (κ3) is 1.56. The molecule has 0 bridgehead atoms. The maximum atomic E-state index is 11.3. The van der Waals surface area contributed by atoms with Crippen LogP contribution in [-0.4, -0.2) is 17.1 Å². The van der Waals surface area contributed by atoms with Crippen molar-refractivity contribution in [2.75, 3.05) is 7.11 Å². The zero-order chi connectivity index (χ0) is 9.26. The van der Waals surface area contributed by atoms with Crippen LogP contribution >= 0.6 is 12.4 Å². The number of halogens is 1. The Labute approximate surface area is 86.3 Å². The predicted octanol–water partition coefficient (Wildman–Crippen LogP) is 1.35. The summed E-state index contributed by atoms with van der Waals surface area (Å²) in [6.07, 6.45) is 1.37. The van der Waals surface area contributed by atoms with Gasteiger partial charge in [-0.25, -0.2) is 4.98 Å². The quantitative estimate of drug-likeness (QED) is 0.777. The second kappa shape index (κ2) is 4.11. The highest BCUT2D eigenvalue weighted by molar-refractivity contribution is 5.85. The number of para-hydroxylation sites is 1. The van der Waals surface area contributed by atoms with E-state index in [1.165, 1.54) is 6.33 Å². The minimum atomic E-state index is -0.149. The molecule has 0 aliphatic rings. The molecule has 0 radical (unpaired) electrons. The molecule has 1 aromatic carbocycles. The molecular weight excluding hydrogens is 204 g/mol. The Morgan fingerprint density at radius 3 is 2.93 bits per heavy atom. The van der Waals surface area contributed by atoms with Gasteiger partial charge in [-0.1, -0.05) is 6.07 Å². The van der Waals surface area contributed by atoms with Gasteiger partial charge in [0.25, 0.3) is 5.56 Å². The topological polar surface area (TPSA) is 55.0 Å². The van der Waals surface area contributed by atoms with Crippen LogP contribution < -0.4 is 10.3 Å². The molecule has 0 unspecified atom stereocenters. The number of methoxy groups -OCH3 is 1. The van der Waals surface area contributed by atoms with Gasteiger partial charge in [0.05, 0.1) is 18.8 Å². The normalized spacial score (nSPS) is 9.50. The van der Waals surface area contributed by atoms with Crippen LogP contribution in [0.15, 0.2) is 29.3 Å². The summed E-state index contributed by atoms with van der Waals surface area (Å²) in [5, 5.41) is 0.543. The van der Waals surface area contributed by atoms with Crippen molar-refractivity contribution in [1.82, 2.24) is 9.97 Å². The Kier molecular flexibility index (Phi) is 3.09. The number of hydrogen-bond acceptors (Lipinski definition) is 3. The molecule has 0 aliphatic carbocycles. The standard InChI is InChI=1S/C9H8N2O2.ClH/c1-13-7-4-2-3-6-8(7)10-5-11-9(6)12;/h2-5H,1H3,(H,10,11,12);1H. The lowest BCUT2D eigenvalue weighted by Crippen LogP contribution is -2.06. The van der Waals surface area contributed by atoms with Crippen LogP contribution in [0.1, 0.15) is 0 Å². The van der Waals surface area contributed by atoms with Gasteiger partial charge in [-0.3, -0.25) is 4.79 Å². The number of rotatable bonds is 1. The first-order valence-corrected chi connectivity index (χ1v) is 3.83. The Morgan fingerprint density at radius 2 is 2.21 bits per heavy atom. The van der Waals surface area contributed by atoms with Gasteiger partial charge in [0.2, 0.25) is 0 Å². The van der Waals surface area contributed by atoms with E-state index >= 15 is 0 Å².